The van der Waals surface area contributed by atoms with Gasteiger partial charge in [-0.15, -0.1) is 0 Å². The molecule has 0 bridgehead atoms. The lowest BCUT2D eigenvalue weighted by Gasteiger charge is -2.27. The van der Waals surface area contributed by atoms with Crippen molar-refractivity contribution in [1.82, 2.24) is 9.97 Å². The smallest absolute Gasteiger partial charge is 0.145 e. The maximum absolute atomic E-state index is 8.60. The average molecular weight is 316 g/mol. The summed E-state index contributed by atoms with van der Waals surface area (Å²) in [6.07, 6.45) is 3.84. The van der Waals surface area contributed by atoms with E-state index in [1.165, 1.54) is 0 Å². The molecule has 0 fully saturated rings. The largest absolute Gasteiger partial charge is 0.352 e. The van der Waals surface area contributed by atoms with Crippen LogP contribution >= 0.6 is 22.6 Å². The SMILES string of the molecule is CC(C)N(CCC#N)c1ncncc1I. The van der Waals surface area contributed by atoms with Gasteiger partial charge in [-0.25, -0.2) is 9.97 Å². The molecule has 1 heterocycles. The van der Waals surface area contributed by atoms with E-state index in [2.05, 4.69) is 57.4 Å². The first-order valence-electron chi connectivity index (χ1n) is 4.76. The van der Waals surface area contributed by atoms with Crippen LogP contribution in [0.15, 0.2) is 12.5 Å². The van der Waals surface area contributed by atoms with Gasteiger partial charge in [0, 0.05) is 18.8 Å². The number of nitrogens with zero attached hydrogens (tertiary/aromatic N) is 4. The van der Waals surface area contributed by atoms with Gasteiger partial charge >= 0.3 is 0 Å². The Hall–Kier alpha value is -0.900. The second-order valence-electron chi connectivity index (χ2n) is 3.39. The van der Waals surface area contributed by atoms with Gasteiger partial charge in [0.1, 0.15) is 12.1 Å². The normalized spacial score (nSPS) is 10.1. The lowest BCUT2D eigenvalue weighted by atomic mass is 10.3. The summed E-state index contributed by atoms with van der Waals surface area (Å²) in [7, 11) is 0. The van der Waals surface area contributed by atoms with E-state index < -0.39 is 0 Å². The van der Waals surface area contributed by atoms with Crippen LogP contribution in [-0.2, 0) is 0 Å². The highest BCUT2D eigenvalue weighted by molar-refractivity contribution is 14.1. The quantitative estimate of drug-likeness (QED) is 0.799. The molecule has 5 heteroatoms. The number of hydrogen-bond donors (Lipinski definition) is 0. The second kappa shape index (κ2) is 5.85. The van der Waals surface area contributed by atoms with Crippen LogP contribution < -0.4 is 4.90 Å². The highest BCUT2D eigenvalue weighted by Gasteiger charge is 2.14. The third kappa shape index (κ3) is 3.30. The van der Waals surface area contributed by atoms with E-state index >= 15 is 0 Å². The average Bonchev–Trinajstić information content (AvgIpc) is 2.20. The monoisotopic (exact) mass is 316 g/mol. The number of nitriles is 1. The van der Waals surface area contributed by atoms with Crippen LogP contribution in [-0.4, -0.2) is 22.6 Å². The Balaban J connectivity index is 2.90. The van der Waals surface area contributed by atoms with Crippen molar-refractivity contribution >= 4 is 28.4 Å². The fourth-order valence-electron chi connectivity index (χ4n) is 1.30. The molecule has 15 heavy (non-hydrogen) atoms. The van der Waals surface area contributed by atoms with E-state index in [0.717, 1.165) is 9.39 Å². The molecule has 0 atom stereocenters. The van der Waals surface area contributed by atoms with Gasteiger partial charge in [0.05, 0.1) is 16.1 Å². The summed E-state index contributed by atoms with van der Waals surface area (Å²) in [4.78, 5) is 10.3. The van der Waals surface area contributed by atoms with Crippen molar-refractivity contribution < 1.29 is 0 Å². The molecule has 0 N–H and O–H groups in total. The van der Waals surface area contributed by atoms with Gasteiger partial charge in [-0.1, -0.05) is 0 Å². The highest BCUT2D eigenvalue weighted by atomic mass is 127. The van der Waals surface area contributed by atoms with Gasteiger partial charge in [-0.2, -0.15) is 5.26 Å². The molecule has 0 aliphatic heterocycles. The summed E-state index contributed by atoms with van der Waals surface area (Å²) in [5, 5.41) is 8.60. The van der Waals surface area contributed by atoms with Crippen molar-refractivity contribution in [1.29, 1.82) is 5.26 Å². The molecule has 1 aromatic heterocycles. The molecule has 0 aromatic carbocycles. The minimum atomic E-state index is 0.335. The van der Waals surface area contributed by atoms with Crippen LogP contribution in [0.4, 0.5) is 5.82 Å². The third-order valence-electron chi connectivity index (χ3n) is 2.01. The molecule has 0 aliphatic carbocycles. The van der Waals surface area contributed by atoms with Crippen molar-refractivity contribution in [3.05, 3.63) is 16.1 Å². The van der Waals surface area contributed by atoms with Gasteiger partial charge in [-0.05, 0) is 36.4 Å². The molecule has 0 unspecified atom stereocenters. The van der Waals surface area contributed by atoms with Gasteiger partial charge < -0.3 is 4.90 Å². The molecule has 0 aliphatic rings. The molecule has 4 nitrogen and oxygen atoms in total. The zero-order chi connectivity index (χ0) is 11.3. The molecule has 0 saturated heterocycles. The summed E-state index contributed by atoms with van der Waals surface area (Å²) in [6, 6.07) is 2.49. The molecule has 1 aromatic rings. The fraction of sp³-hybridized carbons (Fsp3) is 0.500. The fourth-order valence-corrected chi connectivity index (χ4v) is 1.91. The molecule has 0 amide bonds. The predicted molar refractivity (Wildman–Crippen MR) is 67.5 cm³/mol. The van der Waals surface area contributed by atoms with Crippen LogP contribution in [0.2, 0.25) is 0 Å². The summed E-state index contributed by atoms with van der Waals surface area (Å²) < 4.78 is 1.02. The molecule has 0 saturated carbocycles. The van der Waals surface area contributed by atoms with Gasteiger partial charge in [0.15, 0.2) is 0 Å². The maximum atomic E-state index is 8.60. The van der Waals surface area contributed by atoms with Crippen molar-refractivity contribution in [3.8, 4) is 6.07 Å². The number of aromatic nitrogens is 2. The van der Waals surface area contributed by atoms with Crippen molar-refractivity contribution in [2.24, 2.45) is 0 Å². The second-order valence-corrected chi connectivity index (χ2v) is 4.55. The van der Waals surface area contributed by atoms with E-state index in [-0.39, 0.29) is 0 Å². The van der Waals surface area contributed by atoms with Gasteiger partial charge in [0.25, 0.3) is 0 Å². The Kier molecular flexibility index (Phi) is 4.75. The van der Waals surface area contributed by atoms with Crippen LogP contribution in [0, 0.1) is 14.9 Å². The zero-order valence-electron chi connectivity index (χ0n) is 8.81. The first-order chi connectivity index (χ1) is 7.16. The topological polar surface area (TPSA) is 52.8 Å². The van der Waals surface area contributed by atoms with Crippen molar-refractivity contribution in [2.45, 2.75) is 26.3 Å². The Morgan fingerprint density at radius 2 is 2.33 bits per heavy atom. The van der Waals surface area contributed by atoms with Crippen LogP contribution in [0.25, 0.3) is 0 Å². The summed E-state index contributed by atoms with van der Waals surface area (Å²) in [6.45, 7) is 4.90. The summed E-state index contributed by atoms with van der Waals surface area (Å²) in [5.41, 5.74) is 0. The Bertz CT molecular complexity index is 359. The maximum Gasteiger partial charge on any atom is 0.145 e. The third-order valence-corrected chi connectivity index (χ3v) is 2.77. The summed E-state index contributed by atoms with van der Waals surface area (Å²) in [5.74, 6) is 0.913. The molecule has 0 radical (unpaired) electrons. The Morgan fingerprint density at radius 1 is 1.60 bits per heavy atom. The van der Waals surface area contributed by atoms with E-state index in [9.17, 15) is 0 Å². The standard InChI is InChI=1S/C10H13IN4/c1-8(2)15(5-3-4-12)10-9(11)6-13-7-14-10/h6-8H,3,5H2,1-2H3. The number of hydrogen-bond acceptors (Lipinski definition) is 4. The Labute approximate surface area is 103 Å². The highest BCUT2D eigenvalue weighted by Crippen LogP contribution is 2.20. The van der Waals surface area contributed by atoms with Gasteiger partial charge in [0.2, 0.25) is 0 Å². The zero-order valence-corrected chi connectivity index (χ0v) is 11.0. The molecular formula is C10H13IN4. The number of halogens is 1. The minimum Gasteiger partial charge on any atom is -0.352 e. The molecule has 80 valence electrons. The number of rotatable bonds is 4. The van der Waals surface area contributed by atoms with Gasteiger partial charge in [-0.3, -0.25) is 0 Å². The molecule has 0 spiro atoms. The van der Waals surface area contributed by atoms with E-state index in [4.69, 9.17) is 5.26 Å². The Morgan fingerprint density at radius 3 is 2.87 bits per heavy atom. The first kappa shape index (κ1) is 12.2. The lowest BCUT2D eigenvalue weighted by molar-refractivity contribution is 0.673. The van der Waals surface area contributed by atoms with Crippen LogP contribution in [0.1, 0.15) is 20.3 Å². The van der Waals surface area contributed by atoms with E-state index in [0.29, 0.717) is 19.0 Å². The van der Waals surface area contributed by atoms with E-state index in [1.54, 1.807) is 12.5 Å². The van der Waals surface area contributed by atoms with Crippen LogP contribution in [0.5, 0.6) is 0 Å². The first-order valence-corrected chi connectivity index (χ1v) is 5.83. The van der Waals surface area contributed by atoms with Crippen molar-refractivity contribution in [3.63, 3.8) is 0 Å². The van der Waals surface area contributed by atoms with E-state index in [1.807, 2.05) is 0 Å². The number of anilines is 1. The lowest BCUT2D eigenvalue weighted by Crippen LogP contribution is -2.33. The molecule has 1 rings (SSSR count). The molecular weight excluding hydrogens is 303 g/mol. The van der Waals surface area contributed by atoms with Crippen LogP contribution in [0.3, 0.4) is 0 Å². The summed E-state index contributed by atoms with van der Waals surface area (Å²) >= 11 is 2.21. The predicted octanol–water partition coefficient (Wildman–Crippen LogP) is 2.21. The van der Waals surface area contributed by atoms with Crippen molar-refractivity contribution in [2.75, 3.05) is 11.4 Å². The minimum absolute atomic E-state index is 0.335.